The Kier molecular flexibility index (Phi) is 5.09. The van der Waals surface area contributed by atoms with Crippen LogP contribution in [0.3, 0.4) is 0 Å². The second kappa shape index (κ2) is 7.45. The first-order valence-electron chi connectivity index (χ1n) is 7.37. The molecule has 2 N–H and O–H groups in total. The Morgan fingerprint density at radius 2 is 1.77 bits per heavy atom. The van der Waals surface area contributed by atoms with E-state index in [2.05, 4.69) is 15.6 Å². The van der Waals surface area contributed by atoms with E-state index in [0.29, 0.717) is 10.7 Å². The molecule has 0 saturated carbocycles. The molecule has 3 aromatic rings. The zero-order chi connectivity index (χ0) is 18.7. The van der Waals surface area contributed by atoms with E-state index in [0.717, 1.165) is 17.8 Å². The number of hydrogen-bond acceptors (Lipinski definition) is 3. The van der Waals surface area contributed by atoms with Crippen molar-refractivity contribution in [2.75, 3.05) is 10.6 Å². The van der Waals surface area contributed by atoms with Crippen molar-refractivity contribution in [1.82, 2.24) is 4.98 Å². The predicted molar refractivity (Wildman–Crippen MR) is 93.2 cm³/mol. The summed E-state index contributed by atoms with van der Waals surface area (Å²) in [4.78, 5) is 16.0. The molecule has 0 spiro atoms. The fourth-order valence-electron chi connectivity index (χ4n) is 2.14. The standard InChI is InChI=1S/C18H11ClF3N3O/c19-10-2-1-3-11(8-10)24-12-4-6-15(23-9-12)18(26)25-14-7-5-13(20)16(21)17(14)22/h1-9,24H,(H,25,26). The number of aromatic nitrogens is 1. The van der Waals surface area contributed by atoms with Gasteiger partial charge in [0.15, 0.2) is 17.5 Å². The lowest BCUT2D eigenvalue weighted by molar-refractivity contribution is 0.102. The molecule has 0 saturated heterocycles. The van der Waals surface area contributed by atoms with Gasteiger partial charge in [-0.15, -0.1) is 0 Å². The van der Waals surface area contributed by atoms with Crippen molar-refractivity contribution in [3.63, 3.8) is 0 Å². The van der Waals surface area contributed by atoms with Gasteiger partial charge >= 0.3 is 0 Å². The van der Waals surface area contributed by atoms with Crippen LogP contribution in [0.1, 0.15) is 10.5 Å². The molecule has 132 valence electrons. The van der Waals surface area contributed by atoms with Crippen LogP contribution >= 0.6 is 11.6 Å². The second-order valence-corrected chi connectivity index (χ2v) is 5.68. The minimum absolute atomic E-state index is 0.0224. The quantitative estimate of drug-likeness (QED) is 0.618. The van der Waals surface area contributed by atoms with E-state index in [1.165, 1.54) is 12.3 Å². The molecule has 1 amide bonds. The molecule has 1 heterocycles. The number of anilines is 3. The van der Waals surface area contributed by atoms with Crippen LogP contribution in [-0.2, 0) is 0 Å². The molecular weight excluding hydrogens is 367 g/mol. The van der Waals surface area contributed by atoms with Gasteiger partial charge in [-0.1, -0.05) is 17.7 Å². The van der Waals surface area contributed by atoms with Crippen LogP contribution in [0.2, 0.25) is 5.02 Å². The number of halogens is 4. The fourth-order valence-corrected chi connectivity index (χ4v) is 2.33. The number of nitrogens with one attached hydrogen (secondary N) is 2. The van der Waals surface area contributed by atoms with E-state index in [4.69, 9.17) is 11.6 Å². The van der Waals surface area contributed by atoms with Crippen molar-refractivity contribution in [2.24, 2.45) is 0 Å². The van der Waals surface area contributed by atoms with Crippen LogP contribution < -0.4 is 10.6 Å². The fraction of sp³-hybridized carbons (Fsp3) is 0. The van der Waals surface area contributed by atoms with Gasteiger partial charge in [-0.25, -0.2) is 18.2 Å². The van der Waals surface area contributed by atoms with Gasteiger partial charge in [-0.05, 0) is 42.5 Å². The van der Waals surface area contributed by atoms with Gasteiger partial charge in [0.05, 0.1) is 17.6 Å². The number of carbonyl (C=O) groups is 1. The maximum absolute atomic E-state index is 13.6. The first-order valence-corrected chi connectivity index (χ1v) is 7.75. The molecular formula is C18H11ClF3N3O. The highest BCUT2D eigenvalue weighted by molar-refractivity contribution is 6.30. The Bertz CT molecular complexity index is 964. The Balaban J connectivity index is 1.72. The minimum Gasteiger partial charge on any atom is -0.354 e. The summed E-state index contributed by atoms with van der Waals surface area (Å²) in [6, 6.07) is 11.7. The molecule has 0 radical (unpaired) electrons. The molecule has 4 nitrogen and oxygen atoms in total. The van der Waals surface area contributed by atoms with Crippen molar-refractivity contribution in [3.05, 3.63) is 82.9 Å². The van der Waals surface area contributed by atoms with E-state index in [1.54, 1.807) is 30.3 Å². The van der Waals surface area contributed by atoms with Crippen LogP contribution in [0, 0.1) is 17.5 Å². The van der Waals surface area contributed by atoms with Crippen LogP contribution in [0.5, 0.6) is 0 Å². The SMILES string of the molecule is O=C(Nc1ccc(F)c(F)c1F)c1ccc(Nc2cccc(Cl)c2)cn1. The van der Waals surface area contributed by atoms with E-state index in [-0.39, 0.29) is 5.69 Å². The largest absolute Gasteiger partial charge is 0.354 e. The number of nitrogens with zero attached hydrogens (tertiary/aromatic N) is 1. The number of rotatable bonds is 4. The lowest BCUT2D eigenvalue weighted by atomic mass is 10.2. The molecule has 0 aliphatic carbocycles. The summed E-state index contributed by atoms with van der Waals surface area (Å²) in [7, 11) is 0. The first-order chi connectivity index (χ1) is 12.4. The van der Waals surface area contributed by atoms with Crippen LogP contribution in [0.4, 0.5) is 30.2 Å². The zero-order valence-corrected chi connectivity index (χ0v) is 13.8. The molecule has 0 bridgehead atoms. The molecule has 0 unspecified atom stereocenters. The molecule has 2 aromatic carbocycles. The smallest absolute Gasteiger partial charge is 0.274 e. The van der Waals surface area contributed by atoms with Crippen LogP contribution in [0.25, 0.3) is 0 Å². The molecule has 3 rings (SSSR count). The predicted octanol–water partition coefficient (Wildman–Crippen LogP) is 5.15. The normalized spacial score (nSPS) is 10.5. The lowest BCUT2D eigenvalue weighted by Gasteiger charge is -2.09. The Morgan fingerprint density at radius 1 is 0.962 bits per heavy atom. The van der Waals surface area contributed by atoms with Crippen molar-refractivity contribution < 1.29 is 18.0 Å². The highest BCUT2D eigenvalue weighted by atomic mass is 35.5. The Hall–Kier alpha value is -3.06. The summed E-state index contributed by atoms with van der Waals surface area (Å²) in [6.45, 7) is 0. The van der Waals surface area contributed by atoms with E-state index in [1.807, 2.05) is 0 Å². The van der Waals surface area contributed by atoms with Gasteiger partial charge in [-0.3, -0.25) is 4.79 Å². The van der Waals surface area contributed by atoms with Crippen molar-refractivity contribution in [2.45, 2.75) is 0 Å². The Morgan fingerprint density at radius 3 is 2.46 bits per heavy atom. The maximum Gasteiger partial charge on any atom is 0.274 e. The van der Waals surface area contributed by atoms with Gasteiger partial charge in [0.1, 0.15) is 5.69 Å². The van der Waals surface area contributed by atoms with Crippen molar-refractivity contribution in [3.8, 4) is 0 Å². The van der Waals surface area contributed by atoms with Crippen LogP contribution in [0.15, 0.2) is 54.7 Å². The van der Waals surface area contributed by atoms with Gasteiger partial charge in [0.25, 0.3) is 5.91 Å². The summed E-state index contributed by atoms with van der Waals surface area (Å²) in [5.74, 6) is -5.23. The first kappa shape index (κ1) is 17.8. The molecule has 0 aliphatic heterocycles. The third-order valence-electron chi connectivity index (χ3n) is 3.39. The summed E-state index contributed by atoms with van der Waals surface area (Å²) >= 11 is 5.90. The van der Waals surface area contributed by atoms with Crippen molar-refractivity contribution in [1.29, 1.82) is 0 Å². The average Bonchev–Trinajstić information content (AvgIpc) is 2.63. The summed E-state index contributed by atoms with van der Waals surface area (Å²) in [5, 5.41) is 5.77. The number of hydrogen-bond donors (Lipinski definition) is 2. The third-order valence-corrected chi connectivity index (χ3v) is 3.63. The molecule has 8 heteroatoms. The Labute approximate surface area is 151 Å². The van der Waals surface area contributed by atoms with Gasteiger partial charge in [-0.2, -0.15) is 0 Å². The number of benzene rings is 2. The van der Waals surface area contributed by atoms with E-state index in [9.17, 15) is 18.0 Å². The number of carbonyl (C=O) groups excluding carboxylic acids is 1. The van der Waals surface area contributed by atoms with Gasteiger partial charge in [0, 0.05) is 10.7 Å². The van der Waals surface area contributed by atoms with Crippen LogP contribution in [-0.4, -0.2) is 10.9 Å². The molecule has 0 atom stereocenters. The monoisotopic (exact) mass is 377 g/mol. The summed E-state index contributed by atoms with van der Waals surface area (Å²) in [5.41, 5.74) is 0.839. The zero-order valence-electron chi connectivity index (χ0n) is 13.1. The van der Waals surface area contributed by atoms with E-state index >= 15 is 0 Å². The maximum atomic E-state index is 13.6. The lowest BCUT2D eigenvalue weighted by Crippen LogP contribution is -2.15. The topological polar surface area (TPSA) is 54.0 Å². The molecule has 0 aliphatic rings. The van der Waals surface area contributed by atoms with Gasteiger partial charge < -0.3 is 10.6 Å². The van der Waals surface area contributed by atoms with Crippen molar-refractivity contribution >= 4 is 34.6 Å². The highest BCUT2D eigenvalue weighted by Crippen LogP contribution is 2.21. The summed E-state index contributed by atoms with van der Waals surface area (Å²) in [6.07, 6.45) is 1.40. The molecule has 0 fully saturated rings. The average molecular weight is 378 g/mol. The number of amides is 1. The molecule has 1 aromatic heterocycles. The highest BCUT2D eigenvalue weighted by Gasteiger charge is 2.16. The second-order valence-electron chi connectivity index (χ2n) is 5.24. The third kappa shape index (κ3) is 3.94. The summed E-state index contributed by atoms with van der Waals surface area (Å²) < 4.78 is 39.7. The minimum atomic E-state index is -1.66. The molecule has 26 heavy (non-hydrogen) atoms. The number of pyridine rings is 1. The van der Waals surface area contributed by atoms with E-state index < -0.39 is 29.0 Å². The van der Waals surface area contributed by atoms with Gasteiger partial charge in [0.2, 0.25) is 0 Å².